The van der Waals surface area contributed by atoms with Gasteiger partial charge in [-0.2, -0.15) is 0 Å². The van der Waals surface area contributed by atoms with E-state index in [4.69, 9.17) is 9.47 Å². The number of benzene rings is 2. The summed E-state index contributed by atoms with van der Waals surface area (Å²) in [6.07, 6.45) is 2.85. The van der Waals surface area contributed by atoms with Gasteiger partial charge in [0.15, 0.2) is 0 Å². The van der Waals surface area contributed by atoms with Gasteiger partial charge in [-0.1, -0.05) is 50.2 Å². The van der Waals surface area contributed by atoms with Crippen LogP contribution in [0.15, 0.2) is 36.4 Å². The molecule has 222 valence electrons. The summed E-state index contributed by atoms with van der Waals surface area (Å²) >= 11 is 0. The Hall–Kier alpha value is -4.52. The lowest BCUT2D eigenvalue weighted by atomic mass is 9.98. The number of rotatable bonds is 10. The first kappa shape index (κ1) is 28.6. The zero-order valence-electron chi connectivity index (χ0n) is 25.8. The summed E-state index contributed by atoms with van der Waals surface area (Å²) in [4.78, 5) is 36.2. The molecule has 0 saturated heterocycles. The van der Waals surface area contributed by atoms with E-state index in [0.29, 0.717) is 37.4 Å². The number of hydrogen-bond acceptors (Lipinski definition) is 4. The SMILES string of the molecule is CCOC(=O)c1[nH]c(Cc2[nH]c(Cc3[nH]c(C(=O)OCC)c(C)c3CC)c3c2-c2cccc4cccc-3c24)c(CC)c1C. The number of aromatic nitrogens is 3. The van der Waals surface area contributed by atoms with E-state index in [-0.39, 0.29) is 11.9 Å². The molecule has 6 rings (SSSR count). The van der Waals surface area contributed by atoms with Crippen LogP contribution in [0.25, 0.3) is 33.0 Å². The fourth-order valence-electron chi connectivity index (χ4n) is 7.05. The lowest BCUT2D eigenvalue weighted by molar-refractivity contribution is 0.0509. The van der Waals surface area contributed by atoms with E-state index in [2.05, 4.69) is 65.2 Å². The third-order valence-electron chi connectivity index (χ3n) is 8.91. The number of ether oxygens (including phenoxy) is 2. The summed E-state index contributed by atoms with van der Waals surface area (Å²) in [5, 5.41) is 2.48. The van der Waals surface area contributed by atoms with Crippen LogP contribution < -0.4 is 0 Å². The Kier molecular flexibility index (Phi) is 7.50. The van der Waals surface area contributed by atoms with Gasteiger partial charge in [-0.15, -0.1) is 0 Å². The van der Waals surface area contributed by atoms with Crippen LogP contribution in [0.2, 0.25) is 0 Å². The monoisotopic (exact) mass is 577 g/mol. The number of H-pyrrole nitrogens is 3. The van der Waals surface area contributed by atoms with Crippen molar-refractivity contribution in [1.29, 1.82) is 0 Å². The highest BCUT2D eigenvalue weighted by molar-refractivity contribution is 6.16. The number of aromatic amines is 3. The van der Waals surface area contributed by atoms with Gasteiger partial charge in [0.05, 0.1) is 13.2 Å². The molecule has 0 fully saturated rings. The van der Waals surface area contributed by atoms with E-state index < -0.39 is 0 Å². The number of carbonyl (C=O) groups is 2. The molecule has 0 spiro atoms. The molecule has 0 atom stereocenters. The molecule has 1 aliphatic rings. The molecule has 0 aliphatic heterocycles. The van der Waals surface area contributed by atoms with Crippen LogP contribution in [-0.4, -0.2) is 40.1 Å². The molecule has 2 aromatic carbocycles. The average molecular weight is 578 g/mol. The van der Waals surface area contributed by atoms with Gasteiger partial charge < -0.3 is 24.4 Å². The molecule has 0 radical (unpaired) electrons. The van der Waals surface area contributed by atoms with Gasteiger partial charge in [-0.3, -0.25) is 0 Å². The van der Waals surface area contributed by atoms with Crippen molar-refractivity contribution in [3.05, 3.63) is 92.8 Å². The number of esters is 2. The number of nitrogens with one attached hydrogen (secondary N) is 3. The van der Waals surface area contributed by atoms with Gasteiger partial charge in [0.2, 0.25) is 0 Å². The molecular formula is C36H39N3O4. The lowest BCUT2D eigenvalue weighted by Crippen LogP contribution is -2.07. The predicted molar refractivity (Wildman–Crippen MR) is 170 cm³/mol. The van der Waals surface area contributed by atoms with Crippen molar-refractivity contribution in [2.75, 3.05) is 13.2 Å². The molecule has 7 nitrogen and oxygen atoms in total. The summed E-state index contributed by atoms with van der Waals surface area (Å²) in [5.41, 5.74) is 14.4. The Morgan fingerprint density at radius 2 is 1.07 bits per heavy atom. The van der Waals surface area contributed by atoms with Crippen LogP contribution in [0.5, 0.6) is 0 Å². The predicted octanol–water partition coefficient (Wildman–Crippen LogP) is 7.75. The van der Waals surface area contributed by atoms with E-state index in [1.54, 1.807) is 0 Å². The van der Waals surface area contributed by atoms with Gasteiger partial charge in [0, 0.05) is 46.7 Å². The van der Waals surface area contributed by atoms with Gasteiger partial charge in [-0.25, -0.2) is 9.59 Å². The molecule has 7 heteroatoms. The maximum Gasteiger partial charge on any atom is 0.355 e. The summed E-state index contributed by atoms with van der Waals surface area (Å²) in [7, 11) is 0. The fourth-order valence-corrected chi connectivity index (χ4v) is 7.05. The van der Waals surface area contributed by atoms with Gasteiger partial charge >= 0.3 is 11.9 Å². The van der Waals surface area contributed by atoms with Crippen molar-refractivity contribution in [1.82, 2.24) is 15.0 Å². The van der Waals surface area contributed by atoms with E-state index >= 15 is 0 Å². The highest BCUT2D eigenvalue weighted by Crippen LogP contribution is 2.51. The van der Waals surface area contributed by atoms with Crippen LogP contribution in [-0.2, 0) is 35.2 Å². The maximum absolute atomic E-state index is 12.8. The van der Waals surface area contributed by atoms with Crippen molar-refractivity contribution in [3.8, 4) is 22.3 Å². The van der Waals surface area contributed by atoms with Crippen LogP contribution in [0, 0.1) is 13.8 Å². The quantitative estimate of drug-likeness (QED) is 0.145. The Morgan fingerprint density at radius 1 is 0.628 bits per heavy atom. The molecule has 3 N–H and O–H groups in total. The zero-order valence-corrected chi connectivity index (χ0v) is 25.8. The van der Waals surface area contributed by atoms with E-state index in [9.17, 15) is 9.59 Å². The topological polar surface area (TPSA) is 100.0 Å². The number of carbonyl (C=O) groups excluding carboxylic acids is 2. The lowest BCUT2D eigenvalue weighted by Gasteiger charge is -2.08. The van der Waals surface area contributed by atoms with Gasteiger partial charge in [-0.05, 0) is 84.7 Å². The minimum Gasteiger partial charge on any atom is -0.461 e. The van der Waals surface area contributed by atoms with Gasteiger partial charge in [0.25, 0.3) is 0 Å². The van der Waals surface area contributed by atoms with Crippen molar-refractivity contribution in [3.63, 3.8) is 0 Å². The summed E-state index contributed by atoms with van der Waals surface area (Å²) in [6, 6.07) is 13.0. The first-order chi connectivity index (χ1) is 20.8. The standard InChI is InChI=1S/C36H39N3O4/c1-7-22-19(5)33(35(40)42-9-3)38-26(22)17-28-31-24-15-11-13-21-14-12-16-25(30(21)24)32(31)29(37-28)18-27-23(8-2)20(6)34(39-27)36(41)43-10-4/h11-16,37-39H,7-10,17-18H2,1-6H3. The molecule has 3 aromatic heterocycles. The molecular weight excluding hydrogens is 538 g/mol. The Balaban J connectivity index is 1.51. The number of hydrogen-bond donors (Lipinski definition) is 3. The largest absolute Gasteiger partial charge is 0.461 e. The molecule has 3 heterocycles. The fraction of sp³-hybridized carbons (Fsp3) is 0.333. The minimum absolute atomic E-state index is 0.317. The Bertz CT molecular complexity index is 1750. The van der Waals surface area contributed by atoms with Crippen LogP contribution in [0.1, 0.15) is 93.7 Å². The molecule has 5 aromatic rings. The second-order valence-corrected chi connectivity index (χ2v) is 11.2. The molecule has 1 aliphatic carbocycles. The average Bonchev–Trinajstić information content (AvgIpc) is 3.71. The number of fused-ring (bicyclic) bond motifs is 3. The highest BCUT2D eigenvalue weighted by Gasteiger charge is 2.31. The molecule has 0 unspecified atom stereocenters. The van der Waals surface area contributed by atoms with Crippen LogP contribution >= 0.6 is 0 Å². The molecule has 0 saturated carbocycles. The Labute approximate surface area is 252 Å². The third kappa shape index (κ3) is 4.58. The summed E-state index contributed by atoms with van der Waals surface area (Å²) < 4.78 is 10.7. The highest BCUT2D eigenvalue weighted by atomic mass is 16.5. The Morgan fingerprint density at radius 3 is 1.47 bits per heavy atom. The second kappa shape index (κ2) is 11.3. The van der Waals surface area contributed by atoms with Crippen molar-refractivity contribution in [2.24, 2.45) is 0 Å². The van der Waals surface area contributed by atoms with E-state index in [0.717, 1.165) is 57.9 Å². The maximum atomic E-state index is 12.8. The van der Waals surface area contributed by atoms with Crippen LogP contribution in [0.3, 0.4) is 0 Å². The first-order valence-corrected chi connectivity index (χ1v) is 15.3. The van der Waals surface area contributed by atoms with Crippen molar-refractivity contribution in [2.45, 2.75) is 67.2 Å². The van der Waals surface area contributed by atoms with Crippen molar-refractivity contribution >= 4 is 22.7 Å². The molecule has 43 heavy (non-hydrogen) atoms. The normalized spacial score (nSPS) is 11.8. The molecule has 0 amide bonds. The third-order valence-corrected chi connectivity index (χ3v) is 8.91. The second-order valence-electron chi connectivity index (χ2n) is 11.2. The van der Waals surface area contributed by atoms with Gasteiger partial charge in [0.1, 0.15) is 11.4 Å². The van der Waals surface area contributed by atoms with E-state index in [1.165, 1.54) is 33.0 Å². The minimum atomic E-state index is -0.317. The van der Waals surface area contributed by atoms with E-state index in [1.807, 2.05) is 27.7 Å². The van der Waals surface area contributed by atoms with Crippen LogP contribution in [0.4, 0.5) is 0 Å². The van der Waals surface area contributed by atoms with Crippen molar-refractivity contribution < 1.29 is 19.1 Å². The molecule has 0 bridgehead atoms. The zero-order chi connectivity index (χ0) is 30.4. The smallest absolute Gasteiger partial charge is 0.355 e. The first-order valence-electron chi connectivity index (χ1n) is 15.3. The summed E-state index contributed by atoms with van der Waals surface area (Å²) in [5.74, 6) is -0.635. The summed E-state index contributed by atoms with van der Waals surface area (Å²) in [6.45, 7) is 12.5.